The van der Waals surface area contributed by atoms with Gasteiger partial charge in [0.2, 0.25) is 0 Å². The maximum atomic E-state index is 12.8. The Labute approximate surface area is 648 Å². The van der Waals surface area contributed by atoms with E-state index in [2.05, 4.69) is 9.05 Å². The van der Waals surface area contributed by atoms with E-state index in [-0.39, 0.29) is 133 Å². The standard InChI is InChI=1S/C19H26O11P2.C18H24O12P2.C16H23O7P.C15H21O8P/c1-5-25-31(23,26-6-2)29-14-16(30-32(24,27-7-3)28-8-4)10-12-19(22)17-13-15(20)9-11-18(17)21;1-5-25-31(22,26-6-2)29-13-15(30-32(23,27-7-3)28-8-4)12-24-18(21)16-11-14(19)9-10-17(16)20;1-3-21-24(20,22-4-2)23-11-7-5-6-8-15(18)14-12-13(17)9-10-16(14)19;1-3-21-24(19,22-4-2)23-10-6-5-9-20-15(18)13-11-12(16)7-8-14(13)17/h1,9,11,13,16H,6-8,10,12,14H2,2-4H3;1,9-11,15H,6-8,12-13H2,2-4H3;9-10,12H,3-8,11H2,1-2H3;7-8,11H,3-6,9-10H2,1-2H3. The topological polar surface area (TPSA) is 492 Å². The molecule has 0 aromatic heterocycles. The highest BCUT2D eigenvalue weighted by molar-refractivity contribution is 7.50. The van der Waals surface area contributed by atoms with Crippen molar-refractivity contribution in [1.29, 1.82) is 0 Å². The summed E-state index contributed by atoms with van der Waals surface area (Å²) in [7, 11) is -23.6. The number of hydrogen-bond donors (Lipinski definition) is 0. The zero-order valence-corrected chi connectivity index (χ0v) is 68.8. The van der Waals surface area contributed by atoms with E-state index in [1.165, 1.54) is 27.7 Å². The van der Waals surface area contributed by atoms with Crippen molar-refractivity contribution in [2.45, 2.75) is 133 Å². The van der Waals surface area contributed by atoms with Crippen LogP contribution in [0.25, 0.3) is 0 Å². The lowest BCUT2D eigenvalue weighted by molar-refractivity contribution is -0.144. The molecule has 4 rings (SSSR count). The van der Waals surface area contributed by atoms with Gasteiger partial charge in [-0.05, 0) is 150 Å². The number of allylic oxidation sites excluding steroid dienone is 14. The molecule has 4 unspecified atom stereocenters. The summed E-state index contributed by atoms with van der Waals surface area (Å²) in [5.74, 6) is -7.16. The molecule has 0 spiro atoms. The van der Waals surface area contributed by atoms with E-state index in [1.807, 2.05) is 0 Å². The first-order chi connectivity index (χ1) is 53.1. The summed E-state index contributed by atoms with van der Waals surface area (Å²) in [5.41, 5.74) is -1.14. The number of hydrogen-bond acceptors (Lipinski definition) is 38. The average Bonchev–Trinajstić information content (AvgIpc) is 0.858. The van der Waals surface area contributed by atoms with Crippen molar-refractivity contribution in [2.75, 3.05) is 106 Å². The molecule has 624 valence electrons. The van der Waals surface area contributed by atoms with Crippen LogP contribution >= 0.6 is 46.9 Å². The molecule has 0 aliphatic heterocycles. The fraction of sp³-hybridized carbons (Fsp3) is 0.529. The van der Waals surface area contributed by atoms with E-state index in [9.17, 15) is 84.9 Å². The minimum Gasteiger partial charge on any atom is -0.462 e. The van der Waals surface area contributed by atoms with Crippen molar-refractivity contribution >= 4 is 117 Å². The molecule has 0 heterocycles. The van der Waals surface area contributed by atoms with E-state index in [0.29, 0.717) is 32.1 Å². The highest BCUT2D eigenvalue weighted by Crippen LogP contribution is 2.55. The van der Waals surface area contributed by atoms with Gasteiger partial charge in [0.15, 0.2) is 57.8 Å². The molecule has 0 radical (unpaired) electrons. The average molecular weight is 1710 g/mol. The minimum absolute atomic E-state index is 0.00272. The third-order valence-corrected chi connectivity index (χ3v) is 22.3. The number of Topliss-reactive ketones (excluding diaryl/α,β-unsaturated/α-hetero) is 2. The summed E-state index contributed by atoms with van der Waals surface area (Å²) in [5, 5.41) is 0. The second-order valence-corrected chi connectivity index (χ2v) is 31.0. The molecule has 0 amide bonds. The summed E-state index contributed by atoms with van der Waals surface area (Å²) in [6.07, 6.45) is 25.3. The van der Waals surface area contributed by atoms with Gasteiger partial charge in [0, 0.05) is 37.1 Å². The fourth-order valence-electron chi connectivity index (χ4n) is 8.26. The number of terminal acetylenes is 2. The van der Waals surface area contributed by atoms with Crippen molar-refractivity contribution in [3.05, 3.63) is 95.2 Å². The number of rotatable bonds is 54. The summed E-state index contributed by atoms with van der Waals surface area (Å²) in [6.45, 7) is 15.1. The normalized spacial score (nSPS) is 15.9. The van der Waals surface area contributed by atoms with Gasteiger partial charge in [0.1, 0.15) is 36.1 Å². The smallest absolute Gasteiger partial charge is 0.462 e. The van der Waals surface area contributed by atoms with Crippen molar-refractivity contribution in [1.82, 2.24) is 0 Å². The van der Waals surface area contributed by atoms with Crippen LogP contribution in [-0.4, -0.2) is 188 Å². The summed E-state index contributed by atoms with van der Waals surface area (Å²) in [4.78, 5) is 140. The maximum absolute atomic E-state index is 12.8. The van der Waals surface area contributed by atoms with Crippen LogP contribution < -0.4 is 0 Å². The molecular formula is C68H94O38P6. The first kappa shape index (κ1) is 103. The van der Waals surface area contributed by atoms with Gasteiger partial charge in [-0.25, -0.2) is 37.0 Å². The van der Waals surface area contributed by atoms with E-state index in [4.69, 9.17) is 94.7 Å². The van der Waals surface area contributed by atoms with Crippen LogP contribution in [0.15, 0.2) is 95.2 Å². The summed E-state index contributed by atoms with van der Waals surface area (Å²) < 4.78 is 174. The summed E-state index contributed by atoms with van der Waals surface area (Å²) >= 11 is 0. The Balaban J connectivity index is 0.000000753. The molecule has 38 nitrogen and oxygen atoms in total. The van der Waals surface area contributed by atoms with Gasteiger partial charge < -0.3 is 18.5 Å². The van der Waals surface area contributed by atoms with Gasteiger partial charge in [-0.1, -0.05) is 19.3 Å². The van der Waals surface area contributed by atoms with Crippen molar-refractivity contribution in [3.63, 3.8) is 0 Å². The molecular weight excluding hydrogens is 1610 g/mol. The maximum Gasteiger partial charge on any atom is 0.538 e. The van der Waals surface area contributed by atoms with Gasteiger partial charge >= 0.3 is 58.9 Å². The highest BCUT2D eigenvalue weighted by atomic mass is 31.2. The monoisotopic (exact) mass is 1700 g/mol. The SMILES string of the molecule is C#COP(=O)(OCC)OCC(CCC(=O)C1=CC(=O)C=CC1=O)OP(=O)(OCC)OCC.C#COP(=O)(OCC)OCC(COC(=O)C1=CC(=O)C=CC1=O)OP(=O)(OCC)OCC.CCOP(=O)(OCC)OCCCCCC(=O)C1=CC(=O)C=CC1=O.CCOP(=O)(OCC)OCCCCOC(=O)C1=CC(=O)C=CC1=O. The van der Waals surface area contributed by atoms with Crippen LogP contribution in [0.4, 0.5) is 0 Å². The van der Waals surface area contributed by atoms with Gasteiger partial charge in [-0.2, -0.15) is 0 Å². The molecule has 44 heteroatoms. The Morgan fingerprint density at radius 3 is 0.982 bits per heavy atom. The Morgan fingerprint density at radius 1 is 0.321 bits per heavy atom. The van der Waals surface area contributed by atoms with Crippen LogP contribution in [0.2, 0.25) is 0 Å². The minimum atomic E-state index is -4.21. The number of phosphoric ester groups is 6. The Kier molecular flexibility index (Phi) is 51.1. The van der Waals surface area contributed by atoms with E-state index < -0.39 is 143 Å². The van der Waals surface area contributed by atoms with Gasteiger partial charge in [0.05, 0.1) is 116 Å². The number of carbonyl (C=O) groups excluding carboxylic acids is 12. The van der Waals surface area contributed by atoms with E-state index in [1.54, 1.807) is 53.8 Å². The zero-order chi connectivity index (χ0) is 84.4. The first-order valence-electron chi connectivity index (χ1n) is 34.7. The second kappa shape index (κ2) is 55.5. The molecule has 4 aliphatic carbocycles. The van der Waals surface area contributed by atoms with Crippen LogP contribution in [0, 0.1) is 25.1 Å². The van der Waals surface area contributed by atoms with Gasteiger partial charge in [-0.15, -0.1) is 0 Å². The Bertz CT molecular complexity index is 3610. The Morgan fingerprint density at radius 2 is 0.616 bits per heavy atom. The first-order valence-corrected chi connectivity index (χ1v) is 43.4. The third-order valence-electron chi connectivity index (χ3n) is 12.9. The van der Waals surface area contributed by atoms with Crippen LogP contribution in [0.1, 0.15) is 121 Å². The van der Waals surface area contributed by atoms with Crippen molar-refractivity contribution in [3.8, 4) is 25.1 Å². The Hall–Kier alpha value is -6.98. The zero-order valence-electron chi connectivity index (χ0n) is 63.4. The lowest BCUT2D eigenvalue weighted by atomic mass is 9.96. The van der Waals surface area contributed by atoms with Crippen LogP contribution in [0.3, 0.4) is 0 Å². The molecule has 0 aromatic rings. The molecule has 0 N–H and O–H groups in total. The number of phosphoric acid groups is 6. The van der Waals surface area contributed by atoms with Gasteiger partial charge in [0.25, 0.3) is 0 Å². The van der Waals surface area contributed by atoms with Gasteiger partial charge in [-0.3, -0.25) is 120 Å². The van der Waals surface area contributed by atoms with E-state index in [0.717, 1.165) is 72.9 Å². The number of ketones is 10. The molecule has 0 saturated heterocycles. The quantitative estimate of drug-likeness (QED) is 0.0136. The van der Waals surface area contributed by atoms with Crippen molar-refractivity contribution in [2.24, 2.45) is 0 Å². The summed E-state index contributed by atoms with van der Waals surface area (Å²) in [6, 6.07) is 0. The molecule has 0 aromatic carbocycles. The predicted molar refractivity (Wildman–Crippen MR) is 393 cm³/mol. The molecule has 4 aliphatic rings. The largest absolute Gasteiger partial charge is 0.538 e. The molecule has 0 saturated carbocycles. The fourth-order valence-corrected chi connectivity index (χ4v) is 15.3. The van der Waals surface area contributed by atoms with Crippen LogP contribution in [-0.2, 0) is 176 Å². The lowest BCUT2D eigenvalue weighted by Gasteiger charge is -2.24. The predicted octanol–water partition coefficient (Wildman–Crippen LogP) is 10.9. The molecule has 112 heavy (non-hydrogen) atoms. The molecule has 0 fully saturated rings. The highest BCUT2D eigenvalue weighted by Gasteiger charge is 2.38. The van der Waals surface area contributed by atoms with E-state index >= 15 is 0 Å². The molecule has 4 atom stereocenters. The number of unbranched alkanes of at least 4 members (excludes halogenated alkanes) is 3. The second-order valence-electron chi connectivity index (χ2n) is 21.3. The number of carbonyl (C=O) groups is 12. The lowest BCUT2D eigenvalue weighted by Crippen LogP contribution is -2.29. The molecule has 0 bridgehead atoms. The van der Waals surface area contributed by atoms with Crippen molar-refractivity contribution < 1.29 is 176 Å². The van der Waals surface area contributed by atoms with Crippen LogP contribution in [0.5, 0.6) is 0 Å². The number of ether oxygens (including phenoxy) is 2. The third kappa shape index (κ3) is 41.4. The number of esters is 2.